The maximum absolute atomic E-state index is 14.0. The van der Waals surface area contributed by atoms with Crippen LogP contribution in [-0.2, 0) is 53.3 Å². The molecule has 511 valence electrons. The number of carboxylic acid groups (broad SMARTS) is 2. The maximum atomic E-state index is 14.0. The van der Waals surface area contributed by atoms with E-state index in [1.807, 2.05) is 13.8 Å². The lowest BCUT2D eigenvalue weighted by Gasteiger charge is -2.28. The minimum atomic E-state index is -6.22. The van der Waals surface area contributed by atoms with Gasteiger partial charge in [-0.3, -0.25) is 29.3 Å². The molecule has 6 rings (SSSR count). The molecule has 35 heteroatoms. The zero-order valence-electron chi connectivity index (χ0n) is 50.3. The number of imide groups is 2. The van der Waals surface area contributed by atoms with Crippen LogP contribution in [0.4, 0.5) is 21.4 Å². The number of esters is 2. The maximum Gasteiger partial charge on any atom is 0.470 e. The number of carbonyl (C=O) groups is 8. The van der Waals surface area contributed by atoms with Crippen molar-refractivity contribution in [3.05, 3.63) is 82.9 Å². The van der Waals surface area contributed by atoms with E-state index in [0.29, 0.717) is 62.8 Å². The van der Waals surface area contributed by atoms with Gasteiger partial charge in [0.25, 0.3) is 23.6 Å². The summed E-state index contributed by atoms with van der Waals surface area (Å²) in [6, 6.07) is 15.6. The summed E-state index contributed by atoms with van der Waals surface area (Å²) in [5, 5.41) is 19.2. The number of carboxylic acids is 2. The predicted octanol–water partition coefficient (Wildman–Crippen LogP) is 11.9. The molecule has 0 spiro atoms. The van der Waals surface area contributed by atoms with Crippen LogP contribution in [-0.4, -0.2) is 171 Å². The van der Waals surface area contributed by atoms with E-state index in [2.05, 4.69) is 72.9 Å². The average Bonchev–Trinajstić information content (AvgIpc) is 0.759. The molecule has 2 aliphatic rings. The summed E-state index contributed by atoms with van der Waals surface area (Å²) in [4.78, 5) is 96.5. The second kappa shape index (κ2) is 38.7. The van der Waals surface area contributed by atoms with Crippen LogP contribution in [0.3, 0.4) is 0 Å². The first-order valence-electron chi connectivity index (χ1n) is 26.3. The first kappa shape index (κ1) is 88.9. The van der Waals surface area contributed by atoms with Gasteiger partial charge in [-0.2, -0.15) is 45.5 Å². The van der Waals surface area contributed by atoms with Gasteiger partial charge in [-0.1, -0.05) is 96.3 Å². The van der Waals surface area contributed by atoms with Gasteiger partial charge in [-0.25, -0.2) is 19.2 Å². The molecule has 91 heavy (non-hydrogen) atoms. The monoisotopic (exact) mass is 1410 g/mol. The van der Waals surface area contributed by atoms with E-state index in [-0.39, 0.29) is 84.6 Å². The largest absolute Gasteiger partial charge is 0.479 e. The van der Waals surface area contributed by atoms with E-state index in [4.69, 9.17) is 43.8 Å². The normalized spacial score (nSPS) is 13.3. The molecule has 0 fully saturated rings. The summed E-state index contributed by atoms with van der Waals surface area (Å²) >= 11 is 15.2. The lowest BCUT2D eigenvalue weighted by atomic mass is 9.94. The number of ether oxygens (including phenoxy) is 4. The number of amides is 4. The summed E-state index contributed by atoms with van der Waals surface area (Å²) in [6.07, 6.45) is 0.950. The molecule has 0 aromatic heterocycles. The van der Waals surface area contributed by atoms with Crippen LogP contribution in [0.5, 0.6) is 11.5 Å². The van der Waals surface area contributed by atoms with Gasteiger partial charge in [0.05, 0.1) is 41.8 Å². The second-order valence-corrected chi connectivity index (χ2v) is 31.2. The predicted molar refractivity (Wildman–Crippen MR) is 335 cm³/mol. The van der Waals surface area contributed by atoms with Crippen molar-refractivity contribution in [1.82, 2.24) is 15.0 Å². The minimum Gasteiger partial charge on any atom is -0.479 e. The molecule has 4 aromatic rings. The molecular formula is C56H77BCl3F5N3O20S2Si. The summed E-state index contributed by atoms with van der Waals surface area (Å²) in [7, 11) is -12.5. The molecule has 23 nitrogen and oxygen atoms in total. The smallest absolute Gasteiger partial charge is 0.470 e. The fourth-order valence-corrected chi connectivity index (χ4v) is 8.81. The highest BCUT2D eigenvalue weighted by Gasteiger charge is 2.58. The highest BCUT2D eigenvalue weighted by atomic mass is 35.6. The summed E-state index contributed by atoms with van der Waals surface area (Å²) < 4.78 is 129. The molecule has 3 radical (unpaired) electrons. The fraction of sp³-hybridized carbons (Fsp3) is 0.500. The minimum absolute atomic E-state index is 0. The Bertz CT molecular complexity index is 3380. The van der Waals surface area contributed by atoms with Crippen molar-refractivity contribution in [3.8, 4) is 11.5 Å². The fourth-order valence-electron chi connectivity index (χ4n) is 7.81. The van der Waals surface area contributed by atoms with Crippen LogP contribution >= 0.6 is 34.3 Å². The number of nitrogens with zero attached hydrogens (tertiary/aromatic N) is 3. The van der Waals surface area contributed by atoms with Crippen molar-refractivity contribution in [2.75, 3.05) is 26.1 Å². The zero-order valence-corrected chi connectivity index (χ0v) is 55.2. The molecule has 3 N–H and O–H groups in total. The van der Waals surface area contributed by atoms with Crippen molar-refractivity contribution < 1.29 is 115 Å². The standard InChI is InChI=1S/C21H19F2NO10S.C18H17NO6.C8H19N.C3H9ClSi.C3H3F3O4S.CH2Cl2.2CH4.B/c1-3-4-8-15(19(27)28)33-12-9-11-6-5-7-13-16(11)14(10-12)18(26)24(17(13)25)34-35(30,31)21(22,23)20(29)32-2;1-2-3-7-14(18(22)23)25-11-8-10-5-4-6-12-15(10)13(9-11)17(21)19(24)16(12)20;1-6-9(7(2)3)8(4)5;1-5(2,3)4;1-10-2(7)3(4,5)11(6,8)9;2-1-3;;;/h5-7,9-10,15H,3-4,8H2,1-2H3,(H,27,28);4-6,8-9,14,24H,2-3,7H2,1H3,(H,22,23);7-8H,6H2,1-5H3;1-3H3;1H3;1H2;2*1H4;. The third kappa shape index (κ3) is 24.6. The third-order valence-corrected chi connectivity index (χ3v) is 13.6. The number of halogens is 8. The molecule has 0 bridgehead atoms. The van der Waals surface area contributed by atoms with Gasteiger partial charge in [0.1, 0.15) is 18.9 Å². The van der Waals surface area contributed by atoms with Gasteiger partial charge in [0.15, 0.2) is 12.2 Å². The van der Waals surface area contributed by atoms with Crippen LogP contribution in [0.2, 0.25) is 19.6 Å². The van der Waals surface area contributed by atoms with E-state index in [0.717, 1.165) is 19.0 Å². The molecule has 2 heterocycles. The Kier molecular flexibility index (Phi) is 37.8. The Hall–Kier alpha value is -6.26. The Morgan fingerprint density at radius 2 is 0.967 bits per heavy atom. The Morgan fingerprint density at radius 3 is 1.26 bits per heavy atom. The number of alkyl halides is 6. The van der Waals surface area contributed by atoms with Gasteiger partial charge in [0, 0.05) is 31.3 Å². The van der Waals surface area contributed by atoms with E-state index >= 15 is 0 Å². The van der Waals surface area contributed by atoms with Gasteiger partial charge < -0.3 is 29.2 Å². The van der Waals surface area contributed by atoms with E-state index < -0.39 is 103 Å². The van der Waals surface area contributed by atoms with Crippen LogP contribution < -0.4 is 9.47 Å². The molecule has 4 aromatic carbocycles. The molecule has 2 unspecified atom stereocenters. The number of hydroxylamine groups is 4. The van der Waals surface area contributed by atoms with Crippen LogP contribution in [0.15, 0.2) is 60.7 Å². The number of hydrogen-bond acceptors (Lipinski definition) is 19. The average molecular weight is 1420 g/mol. The van der Waals surface area contributed by atoms with E-state index in [1.54, 1.807) is 18.2 Å². The number of aliphatic carboxylic acids is 2. The van der Waals surface area contributed by atoms with Crippen molar-refractivity contribution in [1.29, 1.82) is 0 Å². The number of carbonyl (C=O) groups excluding carboxylic acids is 6. The molecule has 4 amide bonds. The van der Waals surface area contributed by atoms with E-state index in [9.17, 15) is 92.1 Å². The Labute approximate surface area is 543 Å². The van der Waals surface area contributed by atoms with Crippen molar-refractivity contribution in [3.63, 3.8) is 0 Å². The summed E-state index contributed by atoms with van der Waals surface area (Å²) in [5.74, 6) is -11.6. The lowest BCUT2D eigenvalue weighted by molar-refractivity contribution is -0.159. The highest BCUT2D eigenvalue weighted by molar-refractivity contribution is 7.88. The number of benzene rings is 4. The molecule has 0 saturated heterocycles. The van der Waals surface area contributed by atoms with Crippen molar-refractivity contribution in [2.24, 2.45) is 0 Å². The first-order chi connectivity index (χ1) is 40.5. The summed E-state index contributed by atoms with van der Waals surface area (Å²) in [5.41, 5.74) is -0.323. The zero-order chi connectivity index (χ0) is 68.2. The van der Waals surface area contributed by atoms with Crippen molar-refractivity contribution >= 4 is 139 Å². The first-order valence-corrected chi connectivity index (χ1v) is 34.7. The quantitative estimate of drug-likeness (QED) is 0.0102. The van der Waals surface area contributed by atoms with Gasteiger partial charge in [-0.05, 0) is 107 Å². The number of methoxy groups -OCH3 is 2. The van der Waals surface area contributed by atoms with Crippen LogP contribution in [0.1, 0.15) is 143 Å². The van der Waals surface area contributed by atoms with Crippen LogP contribution in [0, 0.1) is 0 Å². The molecule has 0 saturated carbocycles. The van der Waals surface area contributed by atoms with Gasteiger partial charge in [-0.15, -0.1) is 37.6 Å². The van der Waals surface area contributed by atoms with Gasteiger partial charge in [0.2, 0.25) is 0 Å². The van der Waals surface area contributed by atoms with Crippen LogP contribution in [0.25, 0.3) is 21.5 Å². The Morgan fingerprint density at radius 1 is 0.637 bits per heavy atom. The molecule has 0 aliphatic carbocycles. The lowest BCUT2D eigenvalue weighted by Crippen LogP contribution is -2.48. The Balaban J connectivity index is -0.00000120. The topological polar surface area (TPSA) is 321 Å². The second-order valence-electron chi connectivity index (χ2n) is 19.9. The summed E-state index contributed by atoms with van der Waals surface area (Å²) in [6.45, 7) is 22.4. The van der Waals surface area contributed by atoms with Gasteiger partial charge >= 0.3 is 54.7 Å². The third-order valence-electron chi connectivity index (χ3n) is 11.7. The highest BCUT2D eigenvalue weighted by Crippen LogP contribution is 2.37. The SMILES string of the molecule is C.C.CCCCC(Oc1cc2c3c(cccc3c1)C(=O)N(O)C2=O)C(=O)O.CCCCC(Oc1cc2c3c(cccc3c1)C(=O)N(OS(=O)(=O)C(F)(F)C(=O)OC)C2=O)C(=O)O.CCN(C(C)C)C(C)C.COC(=O)C(F)(F)S(=O)(=O)F.C[Si](C)(C)Cl.ClCCl.[B]. The molecular weight excluding hydrogens is 1340 g/mol. The molecule has 2 aliphatic heterocycles. The number of hydrogen-bond donors (Lipinski definition) is 3. The molecule has 2 atom stereocenters. The number of unbranched alkanes of at least 4 members (excludes halogenated alkanes) is 2. The number of rotatable bonds is 21. The van der Waals surface area contributed by atoms with E-state index in [1.165, 1.54) is 36.4 Å². The van der Waals surface area contributed by atoms with Crippen molar-refractivity contribution in [2.45, 2.75) is 156 Å².